The molecule has 3 aromatic rings. The lowest BCUT2D eigenvalue weighted by Gasteiger charge is -2.30. The number of carbonyl (C=O) groups is 1. The third kappa shape index (κ3) is 4.32. The Morgan fingerprint density at radius 2 is 2.07 bits per heavy atom. The van der Waals surface area contributed by atoms with E-state index in [0.29, 0.717) is 6.04 Å². The maximum absolute atomic E-state index is 13.0. The first-order valence-corrected chi connectivity index (χ1v) is 11.2. The van der Waals surface area contributed by atoms with Crippen molar-refractivity contribution in [3.8, 4) is 0 Å². The van der Waals surface area contributed by atoms with Gasteiger partial charge >= 0.3 is 0 Å². The number of ether oxygens (including phenoxy) is 1. The molecule has 0 aliphatic heterocycles. The first kappa shape index (κ1) is 20.3. The number of thiazole rings is 1. The second-order valence-electron chi connectivity index (χ2n) is 8.12. The average Bonchev–Trinajstić information content (AvgIpc) is 3.30. The van der Waals surface area contributed by atoms with E-state index >= 15 is 0 Å². The predicted molar refractivity (Wildman–Crippen MR) is 118 cm³/mol. The molecule has 0 atom stereocenters. The van der Waals surface area contributed by atoms with Gasteiger partial charge in [0.05, 0.1) is 17.6 Å². The highest BCUT2D eigenvalue weighted by Gasteiger charge is 2.25. The number of benzene rings is 1. The van der Waals surface area contributed by atoms with Crippen LogP contribution in [0.2, 0.25) is 0 Å². The number of fused-ring (bicyclic) bond motifs is 3. The van der Waals surface area contributed by atoms with Gasteiger partial charge in [0.2, 0.25) is 0 Å². The molecule has 1 aliphatic rings. The number of amides is 1. The Bertz CT molecular complexity index is 989. The summed E-state index contributed by atoms with van der Waals surface area (Å²) in [6.45, 7) is 2.47. The van der Waals surface area contributed by atoms with E-state index in [1.807, 2.05) is 18.1 Å². The lowest BCUT2D eigenvalue weighted by Crippen LogP contribution is -2.37. The summed E-state index contributed by atoms with van der Waals surface area (Å²) in [6.07, 6.45) is 7.95. The molecule has 6 nitrogen and oxygen atoms in total. The van der Waals surface area contributed by atoms with Crippen LogP contribution in [0.15, 0.2) is 24.4 Å². The van der Waals surface area contributed by atoms with Crippen LogP contribution in [0.5, 0.6) is 0 Å². The van der Waals surface area contributed by atoms with Crippen LogP contribution in [-0.2, 0) is 11.3 Å². The Hall–Kier alpha value is -1.96. The highest BCUT2D eigenvalue weighted by molar-refractivity contribution is 7.18. The van der Waals surface area contributed by atoms with E-state index in [4.69, 9.17) is 9.72 Å². The molecule has 0 radical (unpaired) electrons. The van der Waals surface area contributed by atoms with Gasteiger partial charge < -0.3 is 9.64 Å². The summed E-state index contributed by atoms with van der Waals surface area (Å²) in [7, 11) is 5.77. The molecule has 0 N–H and O–H groups in total. The number of imidazole rings is 1. The Morgan fingerprint density at radius 3 is 2.83 bits per heavy atom. The van der Waals surface area contributed by atoms with Crippen molar-refractivity contribution in [3.05, 3.63) is 34.8 Å². The molecular weight excluding hydrogens is 384 g/mol. The monoisotopic (exact) mass is 414 g/mol. The molecule has 1 aliphatic carbocycles. The maximum atomic E-state index is 13.0. The molecule has 1 aromatic carbocycles. The van der Waals surface area contributed by atoms with Gasteiger partial charge in [-0.1, -0.05) is 36.7 Å². The highest BCUT2D eigenvalue weighted by atomic mass is 32.1. The number of hydrogen-bond donors (Lipinski definition) is 0. The minimum atomic E-state index is 0.121. The molecule has 0 unspecified atom stereocenters. The van der Waals surface area contributed by atoms with Crippen LogP contribution in [-0.4, -0.2) is 65.5 Å². The normalized spacial score (nSPS) is 15.6. The van der Waals surface area contributed by atoms with Crippen molar-refractivity contribution in [2.45, 2.75) is 44.7 Å². The fraction of sp³-hybridized carbons (Fsp3) is 0.545. The summed E-state index contributed by atoms with van der Waals surface area (Å²) in [5.74, 6) is 0.121. The first-order valence-electron chi connectivity index (χ1n) is 10.4. The lowest BCUT2D eigenvalue weighted by molar-refractivity contribution is 0.0701. The molecule has 1 fully saturated rings. The molecule has 29 heavy (non-hydrogen) atoms. The zero-order valence-corrected chi connectivity index (χ0v) is 18.4. The average molecular weight is 415 g/mol. The van der Waals surface area contributed by atoms with E-state index in [2.05, 4.69) is 34.5 Å². The van der Waals surface area contributed by atoms with Crippen LogP contribution in [0, 0.1) is 0 Å². The van der Waals surface area contributed by atoms with Gasteiger partial charge in [0, 0.05) is 39.5 Å². The molecule has 0 spiro atoms. The van der Waals surface area contributed by atoms with Crippen molar-refractivity contribution in [3.63, 3.8) is 0 Å². The Balaban J connectivity index is 1.56. The molecule has 156 valence electrons. The molecule has 1 amide bonds. The molecule has 0 saturated heterocycles. The van der Waals surface area contributed by atoms with Crippen LogP contribution in [0.4, 0.5) is 0 Å². The fourth-order valence-corrected chi connectivity index (χ4v) is 5.18. The van der Waals surface area contributed by atoms with E-state index < -0.39 is 0 Å². The van der Waals surface area contributed by atoms with Gasteiger partial charge in [0.15, 0.2) is 4.96 Å². The van der Waals surface area contributed by atoms with Gasteiger partial charge in [-0.05, 0) is 37.6 Å². The zero-order chi connectivity index (χ0) is 20.4. The third-order valence-electron chi connectivity index (χ3n) is 5.95. The molecule has 4 rings (SSSR count). The quantitative estimate of drug-likeness (QED) is 0.586. The maximum Gasteiger partial charge on any atom is 0.265 e. The van der Waals surface area contributed by atoms with E-state index in [1.165, 1.54) is 36.2 Å². The molecule has 1 saturated carbocycles. The van der Waals surface area contributed by atoms with Crippen molar-refractivity contribution >= 4 is 33.2 Å². The largest absolute Gasteiger partial charge is 0.383 e. The summed E-state index contributed by atoms with van der Waals surface area (Å²) in [6, 6.07) is 6.76. The number of likely N-dealkylation sites (N-methyl/N-ethyl adjacent to an activating group) is 1. The summed E-state index contributed by atoms with van der Waals surface area (Å²) in [4.78, 5) is 23.6. The summed E-state index contributed by atoms with van der Waals surface area (Å²) >= 11 is 1.49. The predicted octanol–water partition coefficient (Wildman–Crippen LogP) is 4.03. The van der Waals surface area contributed by atoms with Gasteiger partial charge in [-0.25, -0.2) is 4.98 Å². The topological polar surface area (TPSA) is 50.1 Å². The summed E-state index contributed by atoms with van der Waals surface area (Å²) in [5.41, 5.74) is 3.27. The summed E-state index contributed by atoms with van der Waals surface area (Å²) < 4.78 is 7.23. The third-order valence-corrected chi connectivity index (χ3v) is 6.92. The molecule has 2 heterocycles. The Kier molecular flexibility index (Phi) is 6.18. The summed E-state index contributed by atoms with van der Waals surface area (Å²) in [5, 5.41) is 0. The number of carbonyl (C=O) groups excluding carboxylic acids is 1. The molecule has 7 heteroatoms. The lowest BCUT2D eigenvalue weighted by atomic mass is 9.94. The van der Waals surface area contributed by atoms with Crippen molar-refractivity contribution in [2.24, 2.45) is 0 Å². The number of aromatic nitrogens is 2. The second-order valence-corrected chi connectivity index (χ2v) is 9.13. The highest BCUT2D eigenvalue weighted by Crippen LogP contribution is 2.28. The van der Waals surface area contributed by atoms with Crippen LogP contribution in [0.1, 0.15) is 47.3 Å². The van der Waals surface area contributed by atoms with E-state index in [-0.39, 0.29) is 5.91 Å². The number of hydrogen-bond acceptors (Lipinski definition) is 5. The molecule has 2 aromatic heterocycles. The fourth-order valence-electron chi connectivity index (χ4n) is 4.20. The second kappa shape index (κ2) is 8.81. The number of methoxy groups -OCH3 is 1. The van der Waals surface area contributed by atoms with E-state index in [0.717, 1.165) is 53.4 Å². The first-order chi connectivity index (χ1) is 14.1. The van der Waals surface area contributed by atoms with Crippen LogP contribution >= 0.6 is 11.3 Å². The molecular formula is C22H30N4O2S. The molecule has 0 bridgehead atoms. The SMILES string of the molecule is COCCN(C)Cc1ccc2nc3sc(C(=O)N(C)C4CCCCC4)cn3c2c1. The van der Waals surface area contributed by atoms with Crippen LogP contribution < -0.4 is 0 Å². The van der Waals surface area contributed by atoms with Gasteiger partial charge in [-0.3, -0.25) is 14.1 Å². The van der Waals surface area contributed by atoms with Crippen molar-refractivity contribution < 1.29 is 9.53 Å². The minimum absolute atomic E-state index is 0.121. The van der Waals surface area contributed by atoms with Crippen LogP contribution in [0.25, 0.3) is 16.0 Å². The van der Waals surface area contributed by atoms with Crippen molar-refractivity contribution in [2.75, 3.05) is 34.4 Å². The number of nitrogens with zero attached hydrogens (tertiary/aromatic N) is 4. The van der Waals surface area contributed by atoms with Crippen molar-refractivity contribution in [1.29, 1.82) is 0 Å². The van der Waals surface area contributed by atoms with E-state index in [9.17, 15) is 4.79 Å². The van der Waals surface area contributed by atoms with Gasteiger partial charge in [-0.2, -0.15) is 0 Å². The zero-order valence-electron chi connectivity index (χ0n) is 17.6. The standard InChI is InChI=1S/C22H30N4O2S/c1-24(11-12-28-3)14-16-9-10-18-19(13-16)26-15-20(29-22(26)23-18)21(27)25(2)17-7-5-4-6-8-17/h9-10,13,15,17H,4-8,11-12,14H2,1-3H3. The number of rotatable bonds is 7. The smallest absolute Gasteiger partial charge is 0.265 e. The van der Waals surface area contributed by atoms with Gasteiger partial charge in [-0.15, -0.1) is 0 Å². The Morgan fingerprint density at radius 1 is 1.28 bits per heavy atom. The Labute approximate surface area is 176 Å². The van der Waals surface area contributed by atoms with Crippen LogP contribution in [0.3, 0.4) is 0 Å². The van der Waals surface area contributed by atoms with E-state index in [1.54, 1.807) is 7.11 Å². The van der Waals surface area contributed by atoms with Gasteiger partial charge in [0.25, 0.3) is 5.91 Å². The minimum Gasteiger partial charge on any atom is -0.383 e. The van der Waals surface area contributed by atoms with Gasteiger partial charge in [0.1, 0.15) is 4.88 Å². The van der Waals surface area contributed by atoms with Crippen molar-refractivity contribution in [1.82, 2.24) is 19.2 Å².